The first-order chi connectivity index (χ1) is 32.3. The normalized spacial score (nSPS) is 14.0. The Hall–Kier alpha value is -7.94. The summed E-state index contributed by atoms with van der Waals surface area (Å²) in [6.07, 6.45) is 0. The van der Waals surface area contributed by atoms with Crippen molar-refractivity contribution in [1.82, 2.24) is 0 Å². The first-order valence-electron chi connectivity index (χ1n) is 23.3. The summed E-state index contributed by atoms with van der Waals surface area (Å²) in [5, 5.41) is 9.97. The topological polar surface area (TPSA) is 6.48 Å². The Labute approximate surface area is 386 Å². The minimum atomic E-state index is -0.277. The standard InChI is InChI=1S/C64H48N2/c1-63(2)53-37-52-54(38-51(53)61-49-33-17-15-31-47(49)59(39-55(61)63)65(43-25-7-5-8-26-43)57-35-19-23-41-21-11-13-29-45(41)57)64(3,4)56-40-60(48-32-16-18-34-50(48)62(52)56)66(44-27-9-6-10-28-44)58-36-20-24-42-22-12-14-30-46(42)58/h5-40H,1-4H3. The average Bonchev–Trinajstić information content (AvgIpc) is 3.72. The molecule has 0 fully saturated rings. The first-order valence-corrected chi connectivity index (χ1v) is 23.3. The third-order valence-corrected chi connectivity index (χ3v) is 15.0. The predicted molar refractivity (Wildman–Crippen MR) is 281 cm³/mol. The summed E-state index contributed by atoms with van der Waals surface area (Å²) >= 11 is 0. The molecular formula is C64H48N2. The quantitative estimate of drug-likeness (QED) is 0.165. The van der Waals surface area contributed by atoms with Gasteiger partial charge < -0.3 is 9.80 Å². The van der Waals surface area contributed by atoms with Crippen molar-refractivity contribution in [2.45, 2.75) is 38.5 Å². The summed E-state index contributed by atoms with van der Waals surface area (Å²) in [6.45, 7) is 9.77. The molecule has 0 aromatic heterocycles. The number of benzene rings is 11. The lowest BCUT2D eigenvalue weighted by Crippen LogP contribution is -2.18. The fraction of sp³-hybridized carbons (Fsp3) is 0.0938. The van der Waals surface area contributed by atoms with Crippen LogP contribution in [0, 0.1) is 0 Å². The number of nitrogens with zero attached hydrogens (tertiary/aromatic N) is 2. The van der Waals surface area contributed by atoms with Gasteiger partial charge in [0.1, 0.15) is 0 Å². The number of hydrogen-bond donors (Lipinski definition) is 0. The zero-order valence-electron chi connectivity index (χ0n) is 37.7. The molecule has 2 nitrogen and oxygen atoms in total. The van der Waals surface area contributed by atoms with Gasteiger partial charge in [-0.1, -0.05) is 185 Å². The molecule has 0 saturated heterocycles. The summed E-state index contributed by atoms with van der Waals surface area (Å²) < 4.78 is 0. The van der Waals surface area contributed by atoms with Gasteiger partial charge in [-0.3, -0.25) is 0 Å². The van der Waals surface area contributed by atoms with E-state index >= 15 is 0 Å². The Kier molecular flexibility index (Phi) is 8.33. The van der Waals surface area contributed by atoms with Gasteiger partial charge in [0, 0.05) is 43.7 Å². The first kappa shape index (κ1) is 38.5. The van der Waals surface area contributed by atoms with Crippen molar-refractivity contribution < 1.29 is 0 Å². The van der Waals surface area contributed by atoms with Crippen molar-refractivity contribution in [3.8, 4) is 22.3 Å². The van der Waals surface area contributed by atoms with Gasteiger partial charge in [-0.25, -0.2) is 0 Å². The van der Waals surface area contributed by atoms with Gasteiger partial charge in [-0.05, 0) is 127 Å². The number of hydrogen-bond acceptors (Lipinski definition) is 2. The maximum Gasteiger partial charge on any atom is 0.0543 e. The monoisotopic (exact) mass is 844 g/mol. The summed E-state index contributed by atoms with van der Waals surface area (Å²) in [6, 6.07) is 81.1. The molecule has 2 heteroatoms. The second-order valence-corrected chi connectivity index (χ2v) is 19.3. The van der Waals surface area contributed by atoms with E-state index in [4.69, 9.17) is 0 Å². The van der Waals surface area contributed by atoms with Crippen LogP contribution in [0.2, 0.25) is 0 Å². The van der Waals surface area contributed by atoms with Crippen molar-refractivity contribution in [3.63, 3.8) is 0 Å². The number of rotatable bonds is 6. The lowest BCUT2D eigenvalue weighted by atomic mass is 9.79. The SMILES string of the molecule is CC1(C)c2cc3c(cc2-c2c1cc(N(c1ccccc1)c1cccc4ccccc14)c1ccccc21)C(C)(C)c1cc(N(c2ccccc2)c2cccc4ccccc24)c2ccccc2c1-3. The molecule has 11 aromatic rings. The van der Waals surface area contributed by atoms with Crippen LogP contribution in [0.15, 0.2) is 218 Å². The van der Waals surface area contributed by atoms with Crippen molar-refractivity contribution >= 4 is 77.2 Å². The molecular weight excluding hydrogens is 797 g/mol. The van der Waals surface area contributed by atoms with Crippen LogP contribution in [0.4, 0.5) is 34.1 Å². The van der Waals surface area contributed by atoms with Crippen LogP contribution in [0.3, 0.4) is 0 Å². The Morgan fingerprint density at radius 1 is 0.273 bits per heavy atom. The van der Waals surface area contributed by atoms with Crippen molar-refractivity contribution in [3.05, 3.63) is 241 Å². The summed E-state index contributed by atoms with van der Waals surface area (Å²) in [5.41, 5.74) is 17.4. The van der Waals surface area contributed by atoms with E-state index in [0.29, 0.717) is 0 Å². The molecule has 2 aliphatic carbocycles. The van der Waals surface area contributed by atoms with E-state index < -0.39 is 0 Å². The van der Waals surface area contributed by atoms with Crippen molar-refractivity contribution in [2.75, 3.05) is 9.80 Å². The predicted octanol–water partition coefficient (Wildman–Crippen LogP) is 17.9. The van der Waals surface area contributed by atoms with E-state index in [0.717, 1.165) is 11.4 Å². The maximum atomic E-state index is 2.58. The number of anilines is 6. The highest BCUT2D eigenvalue weighted by Crippen LogP contribution is 2.61. The molecule has 13 rings (SSSR count). The van der Waals surface area contributed by atoms with Crippen molar-refractivity contribution in [1.29, 1.82) is 0 Å². The summed E-state index contributed by atoms with van der Waals surface area (Å²) in [7, 11) is 0. The number of fused-ring (bicyclic) bond motifs is 12. The molecule has 0 bridgehead atoms. The smallest absolute Gasteiger partial charge is 0.0543 e. The van der Waals surface area contributed by atoms with Gasteiger partial charge in [0.2, 0.25) is 0 Å². The average molecular weight is 845 g/mol. The third kappa shape index (κ3) is 5.48. The van der Waals surface area contributed by atoms with Crippen LogP contribution in [-0.4, -0.2) is 0 Å². The highest BCUT2D eigenvalue weighted by Gasteiger charge is 2.44. The molecule has 0 radical (unpaired) electrons. The highest BCUT2D eigenvalue weighted by molar-refractivity contribution is 6.15. The van der Waals surface area contributed by atoms with E-state index in [9.17, 15) is 0 Å². The zero-order valence-corrected chi connectivity index (χ0v) is 37.7. The second-order valence-electron chi connectivity index (χ2n) is 19.3. The summed E-state index contributed by atoms with van der Waals surface area (Å²) in [4.78, 5) is 4.98. The molecule has 0 heterocycles. The lowest BCUT2D eigenvalue weighted by Gasteiger charge is -2.30. The van der Waals surface area contributed by atoms with E-state index in [1.165, 1.54) is 110 Å². The summed E-state index contributed by atoms with van der Waals surface area (Å²) in [5.74, 6) is 0. The minimum Gasteiger partial charge on any atom is -0.309 e. The second kappa shape index (κ2) is 14.3. The minimum absolute atomic E-state index is 0.277. The molecule has 314 valence electrons. The van der Waals surface area contributed by atoms with Crippen molar-refractivity contribution in [2.24, 2.45) is 0 Å². The van der Waals surface area contributed by atoms with Crippen LogP contribution >= 0.6 is 0 Å². The molecule has 0 saturated carbocycles. The van der Waals surface area contributed by atoms with Crippen LogP contribution in [0.5, 0.6) is 0 Å². The van der Waals surface area contributed by atoms with Gasteiger partial charge in [-0.2, -0.15) is 0 Å². The van der Waals surface area contributed by atoms with Gasteiger partial charge in [-0.15, -0.1) is 0 Å². The van der Waals surface area contributed by atoms with Gasteiger partial charge in [0.25, 0.3) is 0 Å². The van der Waals surface area contributed by atoms with E-state index in [-0.39, 0.29) is 10.8 Å². The van der Waals surface area contributed by atoms with Crippen LogP contribution in [-0.2, 0) is 10.8 Å². The van der Waals surface area contributed by atoms with Gasteiger partial charge in [0.15, 0.2) is 0 Å². The van der Waals surface area contributed by atoms with E-state index in [1.807, 2.05) is 0 Å². The van der Waals surface area contributed by atoms with Crippen LogP contribution < -0.4 is 9.80 Å². The Bertz CT molecular complexity index is 3510. The Morgan fingerprint density at radius 3 is 1.02 bits per heavy atom. The molecule has 0 aliphatic heterocycles. The molecule has 0 amide bonds. The zero-order chi connectivity index (χ0) is 44.3. The fourth-order valence-corrected chi connectivity index (χ4v) is 11.8. The highest BCUT2D eigenvalue weighted by atomic mass is 15.2. The molecule has 0 N–H and O–H groups in total. The molecule has 11 aromatic carbocycles. The maximum absolute atomic E-state index is 2.58. The Balaban J connectivity index is 1.04. The molecule has 2 aliphatic rings. The molecule has 0 unspecified atom stereocenters. The van der Waals surface area contributed by atoms with E-state index in [2.05, 4.69) is 256 Å². The van der Waals surface area contributed by atoms with Crippen LogP contribution in [0.1, 0.15) is 49.9 Å². The largest absolute Gasteiger partial charge is 0.309 e. The molecule has 0 spiro atoms. The Morgan fingerprint density at radius 2 is 0.606 bits per heavy atom. The lowest BCUT2D eigenvalue weighted by molar-refractivity contribution is 0.652. The van der Waals surface area contributed by atoms with Crippen LogP contribution in [0.25, 0.3) is 65.3 Å². The fourth-order valence-electron chi connectivity index (χ4n) is 11.8. The third-order valence-electron chi connectivity index (χ3n) is 15.0. The van der Waals surface area contributed by atoms with Gasteiger partial charge >= 0.3 is 0 Å². The van der Waals surface area contributed by atoms with E-state index in [1.54, 1.807) is 0 Å². The van der Waals surface area contributed by atoms with Gasteiger partial charge in [0.05, 0.1) is 22.7 Å². The molecule has 0 atom stereocenters. The number of para-hydroxylation sites is 2. The molecule has 66 heavy (non-hydrogen) atoms.